The van der Waals surface area contributed by atoms with E-state index >= 15 is 0 Å². The van der Waals surface area contributed by atoms with Gasteiger partial charge in [-0.1, -0.05) is 166 Å². The van der Waals surface area contributed by atoms with E-state index in [2.05, 4.69) is 242 Å². The Morgan fingerprint density at radius 2 is 1.07 bits per heavy atom. The van der Waals surface area contributed by atoms with Gasteiger partial charge in [-0.2, -0.15) is 0 Å². The van der Waals surface area contributed by atoms with Crippen LogP contribution >= 0.6 is 0 Å². The molecular formula is C64H49N3. The van der Waals surface area contributed by atoms with Gasteiger partial charge in [-0.05, 0) is 135 Å². The third-order valence-corrected chi connectivity index (χ3v) is 14.7. The first-order valence-corrected chi connectivity index (χ1v) is 23.7. The molecule has 3 heterocycles. The lowest BCUT2D eigenvalue weighted by atomic mass is 9.67. The zero-order valence-corrected chi connectivity index (χ0v) is 38.0. The van der Waals surface area contributed by atoms with Crippen LogP contribution in [-0.2, 0) is 17.3 Å². The van der Waals surface area contributed by atoms with Crippen LogP contribution < -0.4 is 0 Å². The average Bonchev–Trinajstić information content (AvgIpc) is 4.01. The smallest absolute Gasteiger partial charge is 0.0714 e. The van der Waals surface area contributed by atoms with Crippen molar-refractivity contribution in [2.75, 3.05) is 0 Å². The van der Waals surface area contributed by atoms with Crippen molar-refractivity contribution in [2.24, 2.45) is 0 Å². The van der Waals surface area contributed by atoms with Crippen molar-refractivity contribution in [2.45, 2.75) is 44.4 Å². The van der Waals surface area contributed by atoms with Crippen molar-refractivity contribution in [3.63, 3.8) is 0 Å². The van der Waals surface area contributed by atoms with E-state index in [1.165, 1.54) is 88.6 Å². The van der Waals surface area contributed by atoms with E-state index in [-0.39, 0.29) is 5.41 Å². The summed E-state index contributed by atoms with van der Waals surface area (Å²) < 4.78 is 4.84. The van der Waals surface area contributed by atoms with E-state index in [0.717, 1.165) is 40.9 Å². The fourth-order valence-electron chi connectivity index (χ4n) is 11.5. The lowest BCUT2D eigenvalue weighted by Gasteiger charge is -2.34. The second-order valence-corrected chi connectivity index (χ2v) is 19.4. The van der Waals surface area contributed by atoms with Gasteiger partial charge in [0.15, 0.2) is 0 Å². The van der Waals surface area contributed by atoms with Crippen LogP contribution in [0.5, 0.6) is 0 Å². The quantitative estimate of drug-likeness (QED) is 0.163. The first-order chi connectivity index (χ1) is 32.9. The SMILES string of the molecule is CC(C)(C)c1ccc(-n2c3c(c4cc(C5(c6cccc(-c7ccc(-c8ccc(-n9c%10ccccc%10c%10ccccc%109)cc8)nc7)c6)c6ccccc6-c6ccccc65)ccc42)CCC=C3)cc1. The van der Waals surface area contributed by atoms with Gasteiger partial charge in [-0.3, -0.25) is 4.98 Å². The molecule has 0 spiro atoms. The normalized spacial score (nSPS) is 13.8. The minimum absolute atomic E-state index is 0.0919. The Bertz CT molecular complexity index is 3660. The summed E-state index contributed by atoms with van der Waals surface area (Å²) in [7, 11) is 0. The molecule has 0 radical (unpaired) electrons. The van der Waals surface area contributed by atoms with Crippen LogP contribution in [0, 0.1) is 0 Å². The van der Waals surface area contributed by atoms with Gasteiger partial charge in [0, 0.05) is 50.6 Å². The van der Waals surface area contributed by atoms with Crippen molar-refractivity contribution in [3.05, 3.63) is 252 Å². The van der Waals surface area contributed by atoms with E-state index in [9.17, 15) is 0 Å². The number of nitrogens with zero attached hydrogens (tertiary/aromatic N) is 3. The molecular weight excluding hydrogens is 811 g/mol. The summed E-state index contributed by atoms with van der Waals surface area (Å²) in [4.78, 5) is 5.10. The summed E-state index contributed by atoms with van der Waals surface area (Å²) in [6.45, 7) is 6.85. The van der Waals surface area contributed by atoms with Gasteiger partial charge in [0.05, 0.1) is 27.7 Å². The minimum atomic E-state index is -0.545. The molecule has 8 aromatic carbocycles. The lowest BCUT2D eigenvalue weighted by Crippen LogP contribution is -2.28. The number of aryl methyl sites for hydroxylation is 1. The molecule has 0 saturated carbocycles. The maximum Gasteiger partial charge on any atom is 0.0714 e. The van der Waals surface area contributed by atoms with Crippen molar-refractivity contribution >= 4 is 38.8 Å². The Hall–Kier alpha value is -8.01. The minimum Gasteiger partial charge on any atom is -0.310 e. The Labute approximate surface area is 392 Å². The van der Waals surface area contributed by atoms with Crippen LogP contribution in [0.1, 0.15) is 66.3 Å². The molecule has 0 fully saturated rings. The zero-order valence-electron chi connectivity index (χ0n) is 38.0. The van der Waals surface area contributed by atoms with E-state index in [4.69, 9.17) is 4.98 Å². The number of pyridine rings is 1. The number of fused-ring (bicyclic) bond motifs is 9. The molecule has 13 rings (SSSR count). The first-order valence-electron chi connectivity index (χ1n) is 23.7. The Morgan fingerprint density at radius 1 is 0.478 bits per heavy atom. The third-order valence-electron chi connectivity index (χ3n) is 14.7. The lowest BCUT2D eigenvalue weighted by molar-refractivity contribution is 0.590. The predicted octanol–water partition coefficient (Wildman–Crippen LogP) is 16.1. The first kappa shape index (κ1) is 39.4. The van der Waals surface area contributed by atoms with Crippen LogP contribution in [-0.4, -0.2) is 14.1 Å². The van der Waals surface area contributed by atoms with Crippen LogP contribution in [0.2, 0.25) is 0 Å². The molecule has 11 aromatic rings. The maximum atomic E-state index is 5.10. The third kappa shape index (κ3) is 6.01. The summed E-state index contributed by atoms with van der Waals surface area (Å²) in [5.41, 5.74) is 21.6. The number of rotatable bonds is 6. The van der Waals surface area contributed by atoms with Gasteiger partial charge < -0.3 is 9.13 Å². The topological polar surface area (TPSA) is 22.8 Å². The molecule has 3 heteroatoms. The van der Waals surface area contributed by atoms with E-state index in [0.29, 0.717) is 0 Å². The molecule has 3 aromatic heterocycles. The number of benzene rings is 8. The fourth-order valence-corrected chi connectivity index (χ4v) is 11.5. The Balaban J connectivity index is 0.915. The molecule has 0 aliphatic heterocycles. The molecule has 0 atom stereocenters. The summed E-state index contributed by atoms with van der Waals surface area (Å²) in [6, 6.07) is 74.4. The molecule has 0 saturated heterocycles. The summed E-state index contributed by atoms with van der Waals surface area (Å²) in [6.07, 6.45) is 8.78. The summed E-state index contributed by atoms with van der Waals surface area (Å²) in [5, 5.41) is 3.86. The number of para-hydroxylation sites is 2. The van der Waals surface area contributed by atoms with E-state index in [1.54, 1.807) is 0 Å². The van der Waals surface area contributed by atoms with Crippen LogP contribution in [0.25, 0.3) is 83.7 Å². The number of aromatic nitrogens is 3. The van der Waals surface area contributed by atoms with Crippen LogP contribution in [0.15, 0.2) is 212 Å². The molecule has 0 amide bonds. The predicted molar refractivity (Wildman–Crippen MR) is 280 cm³/mol. The van der Waals surface area contributed by atoms with Crippen molar-refractivity contribution in [3.8, 4) is 44.9 Å². The fraction of sp³-hybridized carbons (Fsp3) is 0.109. The Morgan fingerprint density at radius 3 is 1.75 bits per heavy atom. The molecule has 2 aliphatic rings. The molecule has 320 valence electrons. The van der Waals surface area contributed by atoms with Crippen molar-refractivity contribution < 1.29 is 0 Å². The number of allylic oxidation sites excluding steroid dienone is 1. The van der Waals surface area contributed by atoms with Crippen molar-refractivity contribution in [1.29, 1.82) is 0 Å². The highest BCUT2D eigenvalue weighted by Crippen LogP contribution is 2.57. The second kappa shape index (κ2) is 15.0. The van der Waals surface area contributed by atoms with Gasteiger partial charge >= 0.3 is 0 Å². The standard InChI is InChI=1S/C64H49N3/c1-63(2,3)45-30-35-49(36-31-45)67-61-26-13-8-21-54(61)55-40-47(32-38-62(55)67)64(56-22-9-4-17-50(56)51-18-5-10-23-57(51)64)46-16-14-15-43(39-46)44-29-37-58(65-41-44)42-27-33-48(34-28-42)66-59-24-11-6-19-52(59)53-20-7-12-25-60(53)66/h4-7,9-20,22-41H,8,21H2,1-3H3. The highest BCUT2D eigenvalue weighted by Gasteiger charge is 2.46. The highest BCUT2D eigenvalue weighted by atomic mass is 15.0. The largest absolute Gasteiger partial charge is 0.310 e. The number of hydrogen-bond donors (Lipinski definition) is 0. The van der Waals surface area contributed by atoms with Gasteiger partial charge in [-0.15, -0.1) is 0 Å². The van der Waals surface area contributed by atoms with E-state index < -0.39 is 5.41 Å². The van der Waals surface area contributed by atoms with Gasteiger partial charge in [-0.25, -0.2) is 0 Å². The zero-order chi connectivity index (χ0) is 44.9. The van der Waals surface area contributed by atoms with Gasteiger partial charge in [0.1, 0.15) is 0 Å². The monoisotopic (exact) mass is 859 g/mol. The molecule has 0 unspecified atom stereocenters. The van der Waals surface area contributed by atoms with Crippen molar-refractivity contribution in [1.82, 2.24) is 14.1 Å². The van der Waals surface area contributed by atoms with Gasteiger partial charge in [0.25, 0.3) is 0 Å². The molecule has 0 bridgehead atoms. The van der Waals surface area contributed by atoms with Gasteiger partial charge in [0.2, 0.25) is 0 Å². The molecule has 0 N–H and O–H groups in total. The summed E-state index contributed by atoms with van der Waals surface area (Å²) in [5.74, 6) is 0. The molecule has 67 heavy (non-hydrogen) atoms. The molecule has 3 nitrogen and oxygen atoms in total. The Kier molecular flexibility index (Phi) is 8.82. The van der Waals surface area contributed by atoms with Crippen LogP contribution in [0.4, 0.5) is 0 Å². The molecule has 2 aliphatic carbocycles. The second-order valence-electron chi connectivity index (χ2n) is 19.4. The number of hydrogen-bond acceptors (Lipinski definition) is 1. The average molecular weight is 860 g/mol. The highest BCUT2D eigenvalue weighted by molar-refractivity contribution is 6.09. The maximum absolute atomic E-state index is 5.10. The van der Waals surface area contributed by atoms with Crippen LogP contribution in [0.3, 0.4) is 0 Å². The summed E-state index contributed by atoms with van der Waals surface area (Å²) >= 11 is 0. The van der Waals surface area contributed by atoms with E-state index in [1.807, 2.05) is 6.20 Å².